The summed E-state index contributed by atoms with van der Waals surface area (Å²) in [5, 5.41) is 9.89. The highest BCUT2D eigenvalue weighted by atomic mass is 35.5. The summed E-state index contributed by atoms with van der Waals surface area (Å²) < 4.78 is 13.7. The molecule has 1 atom stereocenters. The van der Waals surface area contributed by atoms with Crippen molar-refractivity contribution in [1.29, 1.82) is 0 Å². The van der Waals surface area contributed by atoms with Crippen molar-refractivity contribution in [2.24, 2.45) is 0 Å². The van der Waals surface area contributed by atoms with Gasteiger partial charge in [-0.1, -0.05) is 41.9 Å². The molecule has 0 radical (unpaired) electrons. The van der Waals surface area contributed by atoms with Crippen LogP contribution in [0.2, 0.25) is 5.02 Å². The molecule has 1 N–H and O–H groups in total. The topological polar surface area (TPSA) is 37.3 Å². The molecule has 1 unspecified atom stereocenters. The minimum Gasteiger partial charge on any atom is -0.481 e. The van der Waals surface area contributed by atoms with Gasteiger partial charge in [-0.05, 0) is 42.2 Å². The Morgan fingerprint density at radius 2 is 2.00 bits per heavy atom. The molecule has 2 rings (SSSR count). The van der Waals surface area contributed by atoms with Crippen LogP contribution in [0.5, 0.6) is 0 Å². The number of carboxylic acid groups (broad SMARTS) is 1. The van der Waals surface area contributed by atoms with Gasteiger partial charge in [0.2, 0.25) is 0 Å². The van der Waals surface area contributed by atoms with Gasteiger partial charge in [-0.3, -0.25) is 4.79 Å². The van der Waals surface area contributed by atoms with Crippen molar-refractivity contribution in [2.45, 2.75) is 19.3 Å². The molecule has 0 amide bonds. The Labute approximate surface area is 121 Å². The van der Waals surface area contributed by atoms with E-state index in [1.807, 2.05) is 6.92 Å². The maximum atomic E-state index is 13.7. The van der Waals surface area contributed by atoms with Gasteiger partial charge in [0.15, 0.2) is 0 Å². The third-order valence-electron chi connectivity index (χ3n) is 3.28. The van der Waals surface area contributed by atoms with Gasteiger partial charge in [0.25, 0.3) is 0 Å². The lowest BCUT2D eigenvalue weighted by atomic mass is 9.91. The molecule has 0 aliphatic heterocycles. The van der Waals surface area contributed by atoms with E-state index in [4.69, 9.17) is 11.6 Å². The summed E-state index contributed by atoms with van der Waals surface area (Å²) >= 11 is 6.03. The fourth-order valence-electron chi connectivity index (χ4n) is 2.06. The van der Waals surface area contributed by atoms with Gasteiger partial charge in [-0.15, -0.1) is 0 Å². The van der Waals surface area contributed by atoms with Crippen LogP contribution >= 0.6 is 11.6 Å². The number of carbonyl (C=O) groups is 1. The summed E-state index contributed by atoms with van der Waals surface area (Å²) in [5.74, 6) is -2.20. The largest absolute Gasteiger partial charge is 0.481 e. The highest BCUT2D eigenvalue weighted by Crippen LogP contribution is 2.26. The smallest absolute Gasteiger partial charge is 0.311 e. The number of rotatable bonds is 4. The fraction of sp³-hybridized carbons (Fsp3) is 0.188. The van der Waals surface area contributed by atoms with Crippen molar-refractivity contribution in [3.8, 4) is 0 Å². The summed E-state index contributed by atoms with van der Waals surface area (Å²) in [4.78, 5) is 11.4. The SMILES string of the molecule is Cc1ccc(C(Cc2ccccc2F)C(=O)O)cc1Cl. The van der Waals surface area contributed by atoms with Gasteiger partial charge in [0.1, 0.15) is 5.82 Å². The maximum Gasteiger partial charge on any atom is 0.311 e. The lowest BCUT2D eigenvalue weighted by molar-refractivity contribution is -0.138. The molecule has 0 heterocycles. The molecular weight excluding hydrogens is 279 g/mol. The number of aryl methyl sites for hydroxylation is 1. The van der Waals surface area contributed by atoms with E-state index in [1.54, 1.807) is 36.4 Å². The first-order chi connectivity index (χ1) is 9.49. The minimum absolute atomic E-state index is 0.0986. The molecule has 4 heteroatoms. The molecule has 2 aromatic carbocycles. The van der Waals surface area contributed by atoms with Gasteiger partial charge in [-0.2, -0.15) is 0 Å². The first-order valence-electron chi connectivity index (χ1n) is 6.21. The molecule has 0 fully saturated rings. The van der Waals surface area contributed by atoms with Crippen LogP contribution in [0.4, 0.5) is 4.39 Å². The van der Waals surface area contributed by atoms with Crippen molar-refractivity contribution in [3.05, 3.63) is 70.0 Å². The first kappa shape index (κ1) is 14.5. The number of hydrogen-bond acceptors (Lipinski definition) is 1. The zero-order chi connectivity index (χ0) is 14.7. The highest BCUT2D eigenvalue weighted by molar-refractivity contribution is 6.31. The second-order valence-electron chi connectivity index (χ2n) is 4.69. The molecule has 0 saturated carbocycles. The van der Waals surface area contributed by atoms with Crippen molar-refractivity contribution in [3.63, 3.8) is 0 Å². The van der Waals surface area contributed by atoms with Gasteiger partial charge < -0.3 is 5.11 Å². The first-order valence-corrected chi connectivity index (χ1v) is 6.59. The Morgan fingerprint density at radius 1 is 1.30 bits per heavy atom. The second kappa shape index (κ2) is 6.06. The van der Waals surface area contributed by atoms with Crippen molar-refractivity contribution >= 4 is 17.6 Å². The van der Waals surface area contributed by atoms with Crippen LogP contribution in [-0.4, -0.2) is 11.1 Å². The van der Waals surface area contributed by atoms with E-state index >= 15 is 0 Å². The zero-order valence-electron chi connectivity index (χ0n) is 10.9. The van der Waals surface area contributed by atoms with Crippen molar-refractivity contribution in [2.75, 3.05) is 0 Å². The normalized spacial score (nSPS) is 12.2. The lowest BCUT2D eigenvalue weighted by Gasteiger charge is -2.14. The number of hydrogen-bond donors (Lipinski definition) is 1. The van der Waals surface area contributed by atoms with E-state index in [0.717, 1.165) is 5.56 Å². The molecule has 0 saturated heterocycles. The average Bonchev–Trinajstić information content (AvgIpc) is 2.41. The molecular formula is C16H14ClFO2. The van der Waals surface area contributed by atoms with Crippen LogP contribution in [0.3, 0.4) is 0 Å². The van der Waals surface area contributed by atoms with Gasteiger partial charge in [0, 0.05) is 5.02 Å². The fourth-order valence-corrected chi connectivity index (χ4v) is 2.25. The molecule has 0 aromatic heterocycles. The summed E-state index contributed by atoms with van der Waals surface area (Å²) in [5.41, 5.74) is 1.85. The number of benzene rings is 2. The summed E-state index contributed by atoms with van der Waals surface area (Å²) in [6.07, 6.45) is 0.0986. The second-order valence-corrected chi connectivity index (χ2v) is 5.10. The van der Waals surface area contributed by atoms with Crippen LogP contribution in [0, 0.1) is 12.7 Å². The van der Waals surface area contributed by atoms with E-state index in [2.05, 4.69) is 0 Å². The van der Waals surface area contributed by atoms with E-state index in [0.29, 0.717) is 16.1 Å². The average molecular weight is 293 g/mol. The quantitative estimate of drug-likeness (QED) is 0.917. The number of aliphatic carboxylic acids is 1. The van der Waals surface area contributed by atoms with E-state index < -0.39 is 17.7 Å². The molecule has 2 nitrogen and oxygen atoms in total. The Hall–Kier alpha value is -1.87. The summed E-state index contributed by atoms with van der Waals surface area (Å²) in [7, 11) is 0. The molecule has 0 spiro atoms. The monoisotopic (exact) mass is 292 g/mol. The zero-order valence-corrected chi connectivity index (χ0v) is 11.7. The maximum absolute atomic E-state index is 13.7. The predicted octanol–water partition coefficient (Wildman–Crippen LogP) is 4.20. The Bertz CT molecular complexity index is 640. The summed E-state index contributed by atoms with van der Waals surface area (Å²) in [6.45, 7) is 1.85. The van der Waals surface area contributed by atoms with Crippen LogP contribution < -0.4 is 0 Å². The molecule has 0 bridgehead atoms. The van der Waals surface area contributed by atoms with Crippen LogP contribution in [0.15, 0.2) is 42.5 Å². The van der Waals surface area contributed by atoms with Crippen LogP contribution in [0.25, 0.3) is 0 Å². The molecule has 2 aromatic rings. The Morgan fingerprint density at radius 3 is 2.60 bits per heavy atom. The minimum atomic E-state index is -0.992. The Kier molecular flexibility index (Phi) is 4.40. The number of carboxylic acids is 1. The highest BCUT2D eigenvalue weighted by Gasteiger charge is 2.22. The third kappa shape index (κ3) is 3.17. The third-order valence-corrected chi connectivity index (χ3v) is 3.69. The predicted molar refractivity (Wildman–Crippen MR) is 76.7 cm³/mol. The van der Waals surface area contributed by atoms with Crippen LogP contribution in [0.1, 0.15) is 22.6 Å². The number of halogens is 2. The van der Waals surface area contributed by atoms with E-state index in [-0.39, 0.29) is 6.42 Å². The van der Waals surface area contributed by atoms with E-state index in [9.17, 15) is 14.3 Å². The molecule has 20 heavy (non-hydrogen) atoms. The lowest BCUT2D eigenvalue weighted by Crippen LogP contribution is -2.15. The van der Waals surface area contributed by atoms with Crippen LogP contribution in [-0.2, 0) is 11.2 Å². The van der Waals surface area contributed by atoms with Gasteiger partial charge in [-0.25, -0.2) is 4.39 Å². The summed E-state index contributed by atoms with van der Waals surface area (Å²) in [6, 6.07) is 11.3. The standard InChI is InChI=1S/C16H14ClFO2/c1-10-6-7-11(9-14(10)17)13(16(19)20)8-12-4-2-3-5-15(12)18/h2-7,9,13H,8H2,1H3,(H,19,20). The van der Waals surface area contributed by atoms with Gasteiger partial charge >= 0.3 is 5.97 Å². The van der Waals surface area contributed by atoms with Crippen molar-refractivity contribution < 1.29 is 14.3 Å². The van der Waals surface area contributed by atoms with E-state index in [1.165, 1.54) is 6.07 Å². The molecule has 104 valence electrons. The van der Waals surface area contributed by atoms with Gasteiger partial charge in [0.05, 0.1) is 5.92 Å². The molecule has 0 aliphatic rings. The Balaban J connectivity index is 2.34. The van der Waals surface area contributed by atoms with Crippen molar-refractivity contribution in [1.82, 2.24) is 0 Å². The molecule has 0 aliphatic carbocycles.